The molecule has 2 aromatic rings. The van der Waals surface area contributed by atoms with Crippen LogP contribution in [0.15, 0.2) is 36.4 Å². The summed E-state index contributed by atoms with van der Waals surface area (Å²) in [7, 11) is 0. The SMILES string of the molecule is CCCOc1c(CC(=O)NCCO[N+](=O)[O-])ccc2ccccc12. The molecule has 0 aliphatic heterocycles. The van der Waals surface area contributed by atoms with Gasteiger partial charge in [0.1, 0.15) is 12.4 Å². The summed E-state index contributed by atoms with van der Waals surface area (Å²) in [4.78, 5) is 26.2. The van der Waals surface area contributed by atoms with Gasteiger partial charge in [0.2, 0.25) is 5.91 Å². The molecular formula is C17H20N2O5. The van der Waals surface area contributed by atoms with Crippen LogP contribution in [0.25, 0.3) is 10.8 Å². The number of nitrogens with zero attached hydrogens (tertiary/aromatic N) is 1. The predicted octanol–water partition coefficient (Wildman–Crippen LogP) is 2.50. The number of hydrogen-bond acceptors (Lipinski definition) is 5. The summed E-state index contributed by atoms with van der Waals surface area (Å²) in [5.41, 5.74) is 0.787. The van der Waals surface area contributed by atoms with E-state index in [1.165, 1.54) is 0 Å². The summed E-state index contributed by atoms with van der Waals surface area (Å²) >= 11 is 0. The monoisotopic (exact) mass is 332 g/mol. The van der Waals surface area contributed by atoms with Crippen molar-refractivity contribution in [3.05, 3.63) is 52.1 Å². The Morgan fingerprint density at radius 2 is 2.00 bits per heavy atom. The van der Waals surface area contributed by atoms with E-state index < -0.39 is 5.09 Å². The Morgan fingerprint density at radius 1 is 1.21 bits per heavy atom. The first-order valence-corrected chi connectivity index (χ1v) is 7.79. The zero-order valence-electron chi connectivity index (χ0n) is 13.5. The minimum atomic E-state index is -0.883. The molecule has 2 rings (SSSR count). The lowest BCUT2D eigenvalue weighted by Gasteiger charge is -2.14. The Labute approximate surface area is 139 Å². The number of fused-ring (bicyclic) bond motifs is 1. The average Bonchev–Trinajstić information content (AvgIpc) is 2.57. The third-order valence-corrected chi connectivity index (χ3v) is 3.38. The average molecular weight is 332 g/mol. The molecule has 0 fully saturated rings. The summed E-state index contributed by atoms with van der Waals surface area (Å²) in [5.74, 6) is 0.477. The van der Waals surface area contributed by atoms with Gasteiger partial charge in [-0.15, -0.1) is 10.1 Å². The van der Waals surface area contributed by atoms with Gasteiger partial charge >= 0.3 is 0 Å². The Kier molecular flexibility index (Phi) is 6.36. The summed E-state index contributed by atoms with van der Waals surface area (Å²) in [6.45, 7) is 2.50. The fourth-order valence-corrected chi connectivity index (χ4v) is 2.35. The molecule has 0 atom stereocenters. The Bertz CT molecular complexity index is 717. The first-order chi connectivity index (χ1) is 11.6. The van der Waals surface area contributed by atoms with E-state index in [9.17, 15) is 14.9 Å². The van der Waals surface area contributed by atoms with Crippen molar-refractivity contribution in [2.75, 3.05) is 19.8 Å². The molecule has 0 aliphatic rings. The number of rotatable bonds is 9. The number of nitrogens with one attached hydrogen (secondary N) is 1. The smallest absolute Gasteiger partial charge is 0.294 e. The maximum absolute atomic E-state index is 12.0. The van der Waals surface area contributed by atoms with Gasteiger partial charge in [0.05, 0.1) is 13.0 Å². The summed E-state index contributed by atoms with van der Waals surface area (Å²) < 4.78 is 5.86. The lowest BCUT2D eigenvalue weighted by Crippen LogP contribution is -2.29. The van der Waals surface area contributed by atoms with Crippen LogP contribution in [0.1, 0.15) is 18.9 Å². The third-order valence-electron chi connectivity index (χ3n) is 3.38. The maximum Gasteiger partial charge on any atom is 0.294 e. The van der Waals surface area contributed by atoms with Crippen LogP contribution < -0.4 is 10.1 Å². The lowest BCUT2D eigenvalue weighted by atomic mass is 10.0. The molecule has 0 bridgehead atoms. The van der Waals surface area contributed by atoms with E-state index in [-0.39, 0.29) is 25.5 Å². The van der Waals surface area contributed by atoms with Crippen LogP contribution in [0.2, 0.25) is 0 Å². The maximum atomic E-state index is 12.0. The van der Waals surface area contributed by atoms with Crippen LogP contribution in [0.4, 0.5) is 0 Å². The van der Waals surface area contributed by atoms with Crippen molar-refractivity contribution < 1.29 is 19.5 Å². The molecule has 2 aromatic carbocycles. The van der Waals surface area contributed by atoms with Crippen LogP contribution >= 0.6 is 0 Å². The zero-order chi connectivity index (χ0) is 17.4. The first kappa shape index (κ1) is 17.5. The van der Waals surface area contributed by atoms with Gasteiger partial charge in [-0.05, 0) is 11.8 Å². The fraction of sp³-hybridized carbons (Fsp3) is 0.353. The Balaban J connectivity index is 2.09. The summed E-state index contributed by atoms with van der Waals surface area (Å²) in [6.07, 6.45) is 1.01. The molecule has 0 unspecified atom stereocenters. The Morgan fingerprint density at radius 3 is 2.75 bits per heavy atom. The molecule has 0 aromatic heterocycles. The molecule has 0 aliphatic carbocycles. The predicted molar refractivity (Wildman–Crippen MR) is 89.4 cm³/mol. The van der Waals surface area contributed by atoms with Crippen molar-refractivity contribution in [2.24, 2.45) is 0 Å². The van der Waals surface area contributed by atoms with Crippen molar-refractivity contribution >= 4 is 16.7 Å². The van der Waals surface area contributed by atoms with Gasteiger partial charge in [-0.2, -0.15) is 0 Å². The largest absolute Gasteiger partial charge is 0.493 e. The molecule has 24 heavy (non-hydrogen) atoms. The quantitative estimate of drug-likeness (QED) is 0.433. The van der Waals surface area contributed by atoms with E-state index in [0.717, 1.165) is 22.8 Å². The van der Waals surface area contributed by atoms with Crippen molar-refractivity contribution in [2.45, 2.75) is 19.8 Å². The number of amides is 1. The molecule has 0 saturated heterocycles. The number of carbonyl (C=O) groups is 1. The number of ether oxygens (including phenoxy) is 1. The highest BCUT2D eigenvalue weighted by Gasteiger charge is 2.12. The third kappa shape index (κ3) is 4.84. The second-order valence-corrected chi connectivity index (χ2v) is 5.21. The number of hydrogen-bond donors (Lipinski definition) is 1. The normalized spacial score (nSPS) is 10.4. The van der Waals surface area contributed by atoms with Crippen LogP contribution in [0.5, 0.6) is 5.75 Å². The van der Waals surface area contributed by atoms with Crippen LogP contribution in [-0.4, -0.2) is 30.8 Å². The molecule has 0 spiro atoms. The molecule has 1 N–H and O–H groups in total. The highest BCUT2D eigenvalue weighted by atomic mass is 16.9. The molecule has 7 heteroatoms. The van der Waals surface area contributed by atoms with E-state index in [0.29, 0.717) is 12.4 Å². The van der Waals surface area contributed by atoms with Crippen molar-refractivity contribution in [1.29, 1.82) is 0 Å². The molecule has 1 amide bonds. The molecule has 0 heterocycles. The highest BCUT2D eigenvalue weighted by Crippen LogP contribution is 2.30. The topological polar surface area (TPSA) is 90.7 Å². The van der Waals surface area contributed by atoms with Gasteiger partial charge in [-0.25, -0.2) is 0 Å². The lowest BCUT2D eigenvalue weighted by molar-refractivity contribution is -0.757. The molecule has 0 radical (unpaired) electrons. The molecule has 7 nitrogen and oxygen atoms in total. The Hall–Kier alpha value is -2.83. The van der Waals surface area contributed by atoms with Crippen LogP contribution in [0, 0.1) is 10.1 Å². The first-order valence-electron chi connectivity index (χ1n) is 7.79. The number of benzene rings is 2. The van der Waals surface area contributed by atoms with Gasteiger partial charge in [0.15, 0.2) is 0 Å². The minimum absolute atomic E-state index is 0.0819. The molecular weight excluding hydrogens is 312 g/mol. The van der Waals surface area contributed by atoms with Crippen LogP contribution in [-0.2, 0) is 16.1 Å². The van der Waals surface area contributed by atoms with Crippen molar-refractivity contribution in [3.8, 4) is 5.75 Å². The van der Waals surface area contributed by atoms with E-state index >= 15 is 0 Å². The van der Waals surface area contributed by atoms with Gasteiger partial charge in [0, 0.05) is 17.5 Å². The fourth-order valence-electron chi connectivity index (χ4n) is 2.35. The van der Waals surface area contributed by atoms with E-state index in [1.54, 1.807) is 0 Å². The van der Waals surface area contributed by atoms with E-state index in [2.05, 4.69) is 10.2 Å². The standard InChI is InChI=1S/C17H20N2O5/c1-2-10-23-17-14(8-7-13-5-3-4-6-15(13)17)12-16(20)18-9-11-24-19(21)22/h3-8H,2,9-12H2,1H3,(H,18,20). The van der Waals surface area contributed by atoms with Gasteiger partial charge in [-0.1, -0.05) is 43.3 Å². The van der Waals surface area contributed by atoms with Gasteiger partial charge in [-0.3, -0.25) is 4.79 Å². The van der Waals surface area contributed by atoms with Crippen LogP contribution in [0.3, 0.4) is 0 Å². The minimum Gasteiger partial charge on any atom is -0.493 e. The van der Waals surface area contributed by atoms with Gasteiger partial charge in [0.25, 0.3) is 5.09 Å². The highest BCUT2D eigenvalue weighted by molar-refractivity contribution is 5.91. The van der Waals surface area contributed by atoms with E-state index in [4.69, 9.17) is 4.74 Å². The second-order valence-electron chi connectivity index (χ2n) is 5.21. The van der Waals surface area contributed by atoms with Gasteiger partial charge < -0.3 is 14.9 Å². The second kappa shape index (κ2) is 8.71. The van der Waals surface area contributed by atoms with Crippen molar-refractivity contribution in [3.63, 3.8) is 0 Å². The summed E-state index contributed by atoms with van der Waals surface area (Å²) in [5, 5.41) is 13.8. The zero-order valence-corrected chi connectivity index (χ0v) is 13.5. The van der Waals surface area contributed by atoms with Crippen molar-refractivity contribution in [1.82, 2.24) is 5.32 Å². The van der Waals surface area contributed by atoms with E-state index in [1.807, 2.05) is 43.3 Å². The number of carbonyl (C=O) groups excluding carboxylic acids is 1. The molecule has 0 saturated carbocycles. The summed E-state index contributed by atoms with van der Waals surface area (Å²) in [6, 6.07) is 11.7. The molecule has 128 valence electrons.